The quantitative estimate of drug-likeness (QED) is 0.426. The predicted octanol–water partition coefficient (Wildman–Crippen LogP) is 3.70. The number of rotatable bonds is 4. The molecule has 0 saturated heterocycles. The number of ether oxygens (including phenoxy) is 1. The molecule has 126 valence electrons. The summed E-state index contributed by atoms with van der Waals surface area (Å²) in [6.45, 7) is 0. The number of halogens is 1. The van der Waals surface area contributed by atoms with Gasteiger partial charge in [-0.3, -0.25) is 15.6 Å². The fourth-order valence-electron chi connectivity index (χ4n) is 1.90. The van der Waals surface area contributed by atoms with Gasteiger partial charge in [0.15, 0.2) is 5.11 Å². The van der Waals surface area contributed by atoms with Crippen molar-refractivity contribution in [2.24, 2.45) is 0 Å². The predicted molar refractivity (Wildman–Crippen MR) is 103 cm³/mol. The fourth-order valence-corrected chi connectivity index (χ4v) is 2.68. The number of carbonyl (C=O) groups excluding carboxylic acids is 1. The van der Waals surface area contributed by atoms with E-state index in [2.05, 4.69) is 16.2 Å². The van der Waals surface area contributed by atoms with Crippen LogP contribution < -0.4 is 20.9 Å². The van der Waals surface area contributed by atoms with Gasteiger partial charge in [0, 0.05) is 15.6 Å². The van der Waals surface area contributed by atoms with Crippen LogP contribution in [0.3, 0.4) is 0 Å². The first-order valence-corrected chi connectivity index (χ1v) is 8.89. The molecule has 0 heterocycles. The molecule has 0 spiro atoms. The molecule has 2 rings (SSSR count). The molecule has 5 nitrogen and oxygen atoms in total. The summed E-state index contributed by atoms with van der Waals surface area (Å²) in [6, 6.07) is 12.5. The van der Waals surface area contributed by atoms with Gasteiger partial charge in [-0.1, -0.05) is 17.7 Å². The van der Waals surface area contributed by atoms with Crippen molar-refractivity contribution in [3.8, 4) is 5.75 Å². The smallest absolute Gasteiger partial charge is 0.273 e. The molecular formula is C16H16ClN3O2S2. The summed E-state index contributed by atoms with van der Waals surface area (Å²) in [7, 11) is 1.52. The molecule has 2 aromatic carbocycles. The maximum atomic E-state index is 12.3. The normalized spacial score (nSPS) is 9.96. The van der Waals surface area contributed by atoms with E-state index in [1.54, 1.807) is 36.0 Å². The molecule has 0 bridgehead atoms. The van der Waals surface area contributed by atoms with Crippen molar-refractivity contribution in [1.82, 2.24) is 10.9 Å². The van der Waals surface area contributed by atoms with Gasteiger partial charge in [0.05, 0.1) is 12.7 Å². The summed E-state index contributed by atoms with van der Waals surface area (Å²) in [5.41, 5.74) is 6.31. The number of thioether (sulfide) groups is 1. The zero-order valence-electron chi connectivity index (χ0n) is 13.1. The number of thiocarbonyl (C=S) groups is 1. The van der Waals surface area contributed by atoms with Crippen molar-refractivity contribution in [2.45, 2.75) is 4.90 Å². The minimum atomic E-state index is -0.352. The van der Waals surface area contributed by atoms with Crippen molar-refractivity contribution < 1.29 is 9.53 Å². The highest BCUT2D eigenvalue weighted by Gasteiger charge is 2.13. The largest absolute Gasteiger partial charge is 0.496 e. The average Bonchev–Trinajstić information content (AvgIpc) is 2.59. The highest BCUT2D eigenvalue weighted by molar-refractivity contribution is 7.98. The van der Waals surface area contributed by atoms with Gasteiger partial charge in [-0.05, 0) is 54.9 Å². The molecule has 24 heavy (non-hydrogen) atoms. The molecule has 0 saturated carbocycles. The van der Waals surface area contributed by atoms with Crippen LogP contribution in [0.2, 0.25) is 5.02 Å². The number of nitrogens with one attached hydrogen (secondary N) is 3. The van der Waals surface area contributed by atoms with Crippen LogP contribution in [0.4, 0.5) is 5.69 Å². The summed E-state index contributed by atoms with van der Waals surface area (Å²) in [5, 5.41) is 3.75. The average molecular weight is 382 g/mol. The van der Waals surface area contributed by atoms with E-state index in [0.717, 1.165) is 10.6 Å². The Kier molecular flexibility index (Phi) is 6.72. The molecule has 0 unspecified atom stereocenters. The number of carbonyl (C=O) groups is 1. The summed E-state index contributed by atoms with van der Waals surface area (Å²) in [4.78, 5) is 13.3. The van der Waals surface area contributed by atoms with Crippen LogP contribution in [-0.2, 0) is 0 Å². The van der Waals surface area contributed by atoms with Gasteiger partial charge in [-0.15, -0.1) is 11.8 Å². The summed E-state index contributed by atoms with van der Waals surface area (Å²) >= 11 is 12.6. The lowest BCUT2D eigenvalue weighted by Crippen LogP contribution is -2.43. The monoisotopic (exact) mass is 381 g/mol. The van der Waals surface area contributed by atoms with Crippen molar-refractivity contribution in [1.29, 1.82) is 0 Å². The van der Waals surface area contributed by atoms with E-state index in [-0.39, 0.29) is 11.0 Å². The van der Waals surface area contributed by atoms with Crippen LogP contribution in [0, 0.1) is 0 Å². The first-order valence-electron chi connectivity index (χ1n) is 6.88. The lowest BCUT2D eigenvalue weighted by atomic mass is 10.2. The lowest BCUT2D eigenvalue weighted by molar-refractivity contribution is 0.0941. The molecular weight excluding hydrogens is 366 g/mol. The van der Waals surface area contributed by atoms with Crippen LogP contribution in [0.5, 0.6) is 5.75 Å². The molecule has 0 radical (unpaired) electrons. The van der Waals surface area contributed by atoms with Crippen LogP contribution in [0.1, 0.15) is 10.4 Å². The summed E-state index contributed by atoms with van der Waals surface area (Å²) in [6.07, 6.45) is 1.95. The van der Waals surface area contributed by atoms with E-state index in [1.807, 2.05) is 24.5 Å². The molecule has 3 N–H and O–H groups in total. The SMILES string of the molecule is COc1cc(SC)ccc1C(=O)NNC(=S)Nc1cccc(Cl)c1. The molecule has 0 aromatic heterocycles. The van der Waals surface area contributed by atoms with E-state index in [1.165, 1.54) is 7.11 Å². The third kappa shape index (κ3) is 5.02. The molecule has 0 aliphatic carbocycles. The first-order chi connectivity index (χ1) is 11.5. The van der Waals surface area contributed by atoms with Gasteiger partial charge in [-0.25, -0.2) is 0 Å². The van der Waals surface area contributed by atoms with Crippen molar-refractivity contribution in [3.63, 3.8) is 0 Å². The number of benzene rings is 2. The zero-order chi connectivity index (χ0) is 17.5. The molecule has 0 aliphatic heterocycles. The van der Waals surface area contributed by atoms with E-state index in [4.69, 9.17) is 28.6 Å². The Morgan fingerprint density at radius 1 is 1.21 bits per heavy atom. The standard InChI is InChI=1S/C16H16ClN3O2S2/c1-22-14-9-12(24-2)6-7-13(14)15(21)19-20-16(23)18-11-5-3-4-10(17)8-11/h3-9H,1-2H3,(H,19,21)(H2,18,20,23). The summed E-state index contributed by atoms with van der Waals surface area (Å²) < 4.78 is 5.26. The Morgan fingerprint density at radius 2 is 2.00 bits per heavy atom. The van der Waals surface area contributed by atoms with Gasteiger partial charge < -0.3 is 10.1 Å². The summed E-state index contributed by atoms with van der Waals surface area (Å²) in [5.74, 6) is 0.143. The second kappa shape index (κ2) is 8.77. The van der Waals surface area contributed by atoms with Gasteiger partial charge in [0.25, 0.3) is 5.91 Å². The maximum Gasteiger partial charge on any atom is 0.273 e. The Hall–Kier alpha value is -1.96. The first kappa shape index (κ1) is 18.4. The number of hydrazine groups is 1. The Bertz CT molecular complexity index is 756. The third-order valence-electron chi connectivity index (χ3n) is 3.03. The number of hydrogen-bond donors (Lipinski definition) is 3. The van der Waals surface area contributed by atoms with Crippen LogP contribution >= 0.6 is 35.6 Å². The zero-order valence-corrected chi connectivity index (χ0v) is 15.4. The fraction of sp³-hybridized carbons (Fsp3) is 0.125. The Morgan fingerprint density at radius 3 is 2.67 bits per heavy atom. The van der Waals surface area contributed by atoms with Gasteiger partial charge >= 0.3 is 0 Å². The lowest BCUT2D eigenvalue weighted by Gasteiger charge is -2.13. The third-order valence-corrected chi connectivity index (χ3v) is 4.19. The van der Waals surface area contributed by atoms with Crippen LogP contribution in [0.25, 0.3) is 0 Å². The highest BCUT2D eigenvalue weighted by atomic mass is 35.5. The minimum absolute atomic E-state index is 0.241. The topological polar surface area (TPSA) is 62.4 Å². The number of amides is 1. The molecule has 0 atom stereocenters. The Labute approximate surface area is 155 Å². The number of methoxy groups -OCH3 is 1. The van der Waals surface area contributed by atoms with E-state index in [9.17, 15) is 4.79 Å². The molecule has 1 amide bonds. The number of anilines is 1. The molecule has 8 heteroatoms. The van der Waals surface area contributed by atoms with E-state index < -0.39 is 0 Å². The van der Waals surface area contributed by atoms with E-state index >= 15 is 0 Å². The van der Waals surface area contributed by atoms with Gasteiger partial charge in [-0.2, -0.15) is 0 Å². The minimum Gasteiger partial charge on any atom is -0.496 e. The van der Waals surface area contributed by atoms with Gasteiger partial charge in [0.2, 0.25) is 0 Å². The van der Waals surface area contributed by atoms with Crippen LogP contribution in [0.15, 0.2) is 47.4 Å². The molecule has 0 fully saturated rings. The van der Waals surface area contributed by atoms with Gasteiger partial charge in [0.1, 0.15) is 5.75 Å². The maximum absolute atomic E-state index is 12.3. The molecule has 0 aliphatic rings. The number of hydrogen-bond acceptors (Lipinski definition) is 4. The molecule has 2 aromatic rings. The van der Waals surface area contributed by atoms with E-state index in [0.29, 0.717) is 16.3 Å². The van der Waals surface area contributed by atoms with Crippen molar-refractivity contribution in [2.75, 3.05) is 18.7 Å². The Balaban J connectivity index is 1.96. The second-order valence-corrected chi connectivity index (χ2v) is 6.33. The van der Waals surface area contributed by atoms with Crippen molar-refractivity contribution >= 4 is 52.3 Å². The second-order valence-electron chi connectivity index (χ2n) is 4.61. The highest BCUT2D eigenvalue weighted by Crippen LogP contribution is 2.25. The van der Waals surface area contributed by atoms with Crippen LogP contribution in [-0.4, -0.2) is 24.4 Å². The van der Waals surface area contributed by atoms with Crippen molar-refractivity contribution in [3.05, 3.63) is 53.1 Å².